The highest BCUT2D eigenvalue weighted by Gasteiger charge is 2.37. The smallest absolute Gasteiger partial charge is 0.390 e. The van der Waals surface area contributed by atoms with Gasteiger partial charge in [0.25, 0.3) is 0 Å². The first-order valence-corrected chi connectivity index (χ1v) is 5.72. The molecule has 1 rings (SSSR count). The van der Waals surface area contributed by atoms with Crippen LogP contribution in [0.15, 0.2) is 0 Å². The summed E-state index contributed by atoms with van der Waals surface area (Å²) in [5.41, 5.74) is 0. The van der Waals surface area contributed by atoms with Crippen molar-refractivity contribution in [3.05, 3.63) is 0 Å². The minimum absolute atomic E-state index is 0.159. The van der Waals surface area contributed by atoms with E-state index in [1.54, 1.807) is 0 Å². The Morgan fingerprint density at radius 3 is 2.47 bits per heavy atom. The number of aliphatic hydroxyl groups excluding tert-OH is 3. The minimum Gasteiger partial charge on any atom is -0.390 e. The van der Waals surface area contributed by atoms with E-state index in [0.717, 1.165) is 0 Å². The van der Waals surface area contributed by atoms with Crippen LogP contribution in [-0.2, 0) is 13.8 Å². The van der Waals surface area contributed by atoms with Crippen molar-refractivity contribution in [1.82, 2.24) is 0 Å². The second-order valence-corrected chi connectivity index (χ2v) is 4.45. The molecule has 90 valence electrons. The van der Waals surface area contributed by atoms with Crippen molar-refractivity contribution in [3.63, 3.8) is 0 Å². The molecule has 1 aliphatic rings. The molecule has 0 spiro atoms. The van der Waals surface area contributed by atoms with Crippen LogP contribution in [0.3, 0.4) is 0 Å². The van der Waals surface area contributed by atoms with E-state index >= 15 is 0 Å². The van der Waals surface area contributed by atoms with Gasteiger partial charge < -0.3 is 29.8 Å². The first-order chi connectivity index (χ1) is 6.79. The number of phosphoric ester groups is 1. The van der Waals surface area contributed by atoms with E-state index in [1.165, 1.54) is 0 Å². The normalized spacial score (nSPS) is 37.9. The van der Waals surface area contributed by atoms with Crippen LogP contribution in [0.25, 0.3) is 0 Å². The van der Waals surface area contributed by atoms with Crippen LogP contribution in [0.5, 0.6) is 0 Å². The number of hydrogen-bond acceptors (Lipinski definition) is 6. The van der Waals surface area contributed by atoms with Gasteiger partial charge in [-0.05, 0) is 0 Å². The van der Waals surface area contributed by atoms with Gasteiger partial charge in [-0.15, -0.1) is 0 Å². The van der Waals surface area contributed by atoms with Gasteiger partial charge in [0.05, 0.1) is 12.7 Å². The topological polar surface area (TPSA) is 137 Å². The van der Waals surface area contributed by atoms with Gasteiger partial charge in [0.1, 0.15) is 12.2 Å². The SMILES string of the molecule is O=P(O)(O)OC[C@H]1OC(O)C[C@@H](O)[C@@H]1O. The lowest BCUT2D eigenvalue weighted by molar-refractivity contribution is -0.238. The second-order valence-electron chi connectivity index (χ2n) is 3.21. The predicted molar refractivity (Wildman–Crippen MR) is 45.5 cm³/mol. The Morgan fingerprint density at radius 2 is 1.93 bits per heavy atom. The maximum absolute atomic E-state index is 10.4. The molecule has 0 aromatic heterocycles. The number of rotatable bonds is 3. The fraction of sp³-hybridized carbons (Fsp3) is 1.00. The Labute approximate surface area is 85.3 Å². The van der Waals surface area contributed by atoms with Gasteiger partial charge in [-0.25, -0.2) is 4.57 Å². The molecule has 4 atom stereocenters. The van der Waals surface area contributed by atoms with Crippen molar-refractivity contribution in [2.45, 2.75) is 31.0 Å². The Kier molecular flexibility index (Phi) is 4.21. The van der Waals surface area contributed by atoms with E-state index in [4.69, 9.17) is 19.6 Å². The second kappa shape index (κ2) is 4.86. The van der Waals surface area contributed by atoms with Crippen LogP contribution in [0.2, 0.25) is 0 Å². The van der Waals surface area contributed by atoms with Crippen molar-refractivity contribution in [2.75, 3.05) is 6.61 Å². The first-order valence-electron chi connectivity index (χ1n) is 4.19. The molecule has 9 heteroatoms. The molecular formula is C6H13O8P. The molecule has 0 aliphatic carbocycles. The Morgan fingerprint density at radius 1 is 1.33 bits per heavy atom. The fourth-order valence-corrected chi connectivity index (χ4v) is 1.58. The van der Waals surface area contributed by atoms with Gasteiger partial charge in [-0.2, -0.15) is 0 Å². The van der Waals surface area contributed by atoms with Gasteiger partial charge in [0.2, 0.25) is 0 Å². The summed E-state index contributed by atoms with van der Waals surface area (Å²) in [5.74, 6) is 0. The molecule has 5 N–H and O–H groups in total. The summed E-state index contributed by atoms with van der Waals surface area (Å²) >= 11 is 0. The van der Waals surface area contributed by atoms with Crippen LogP contribution >= 0.6 is 7.82 Å². The van der Waals surface area contributed by atoms with Gasteiger partial charge in [-0.3, -0.25) is 4.52 Å². The van der Waals surface area contributed by atoms with Crippen LogP contribution in [0, 0.1) is 0 Å². The van der Waals surface area contributed by atoms with Crippen molar-refractivity contribution in [2.24, 2.45) is 0 Å². The molecular weight excluding hydrogens is 231 g/mol. The largest absolute Gasteiger partial charge is 0.469 e. The van der Waals surface area contributed by atoms with Gasteiger partial charge >= 0.3 is 7.82 Å². The molecule has 15 heavy (non-hydrogen) atoms. The summed E-state index contributed by atoms with van der Waals surface area (Å²) in [6, 6.07) is 0. The molecule has 0 bridgehead atoms. The molecule has 0 amide bonds. The maximum Gasteiger partial charge on any atom is 0.469 e. The van der Waals surface area contributed by atoms with Gasteiger partial charge in [-0.1, -0.05) is 0 Å². The third-order valence-corrected chi connectivity index (χ3v) is 2.44. The lowest BCUT2D eigenvalue weighted by Gasteiger charge is -2.34. The minimum atomic E-state index is -4.65. The molecule has 0 aromatic carbocycles. The number of aliphatic hydroxyl groups is 3. The monoisotopic (exact) mass is 244 g/mol. The van der Waals surface area contributed by atoms with Gasteiger partial charge in [0.15, 0.2) is 6.29 Å². The summed E-state index contributed by atoms with van der Waals surface area (Å²) in [6.07, 6.45) is -5.17. The van der Waals surface area contributed by atoms with E-state index in [2.05, 4.69) is 4.52 Å². The van der Waals surface area contributed by atoms with Crippen molar-refractivity contribution < 1.29 is 38.9 Å². The number of ether oxygens (including phenoxy) is 1. The molecule has 0 aromatic rings. The molecule has 8 nitrogen and oxygen atoms in total. The molecule has 1 fully saturated rings. The van der Waals surface area contributed by atoms with Gasteiger partial charge in [0, 0.05) is 6.42 Å². The third-order valence-electron chi connectivity index (χ3n) is 1.96. The zero-order chi connectivity index (χ0) is 11.6. The molecule has 1 heterocycles. The average molecular weight is 244 g/mol. The standard InChI is InChI=1S/C6H13O8P/c7-3-1-5(8)14-4(6(3)9)2-13-15(10,11)12/h3-9H,1-2H2,(H2,10,11,12)/t3-,4-,5?,6+/m1/s1. The van der Waals surface area contributed by atoms with Crippen LogP contribution < -0.4 is 0 Å². The lowest BCUT2D eigenvalue weighted by Crippen LogP contribution is -2.50. The molecule has 0 saturated carbocycles. The highest BCUT2D eigenvalue weighted by molar-refractivity contribution is 7.46. The molecule has 1 unspecified atom stereocenters. The Balaban J connectivity index is 2.49. The molecule has 1 aliphatic heterocycles. The summed E-state index contributed by atoms with van der Waals surface area (Å²) in [5, 5.41) is 27.6. The van der Waals surface area contributed by atoms with Crippen LogP contribution in [0.4, 0.5) is 0 Å². The Hall–Kier alpha value is -0.0500. The van der Waals surface area contributed by atoms with Crippen molar-refractivity contribution in [3.8, 4) is 0 Å². The summed E-state index contributed by atoms with van der Waals surface area (Å²) in [6.45, 7) is -0.612. The van der Waals surface area contributed by atoms with E-state index in [0.29, 0.717) is 0 Å². The first kappa shape index (κ1) is 13.0. The zero-order valence-corrected chi connectivity index (χ0v) is 8.53. The summed E-state index contributed by atoms with van der Waals surface area (Å²) < 4.78 is 19.2. The van der Waals surface area contributed by atoms with Crippen LogP contribution in [-0.4, -0.2) is 56.3 Å². The lowest BCUT2D eigenvalue weighted by atomic mass is 10.0. The highest BCUT2D eigenvalue weighted by Crippen LogP contribution is 2.36. The van der Waals surface area contributed by atoms with Crippen molar-refractivity contribution >= 4 is 7.82 Å². The number of phosphoric acid groups is 1. The molecule has 1 saturated heterocycles. The average Bonchev–Trinajstić information content (AvgIpc) is 2.07. The number of hydrogen-bond donors (Lipinski definition) is 5. The predicted octanol–water partition coefficient (Wildman–Crippen LogP) is -2.08. The van der Waals surface area contributed by atoms with E-state index in [1.807, 2.05) is 0 Å². The maximum atomic E-state index is 10.4. The Bertz CT molecular complexity index is 252. The summed E-state index contributed by atoms with van der Waals surface area (Å²) in [7, 11) is -4.65. The quantitative estimate of drug-likeness (QED) is 0.357. The zero-order valence-electron chi connectivity index (χ0n) is 7.63. The van der Waals surface area contributed by atoms with E-state index < -0.39 is 39.0 Å². The fourth-order valence-electron chi connectivity index (χ4n) is 1.24. The van der Waals surface area contributed by atoms with Crippen LogP contribution in [0.1, 0.15) is 6.42 Å². The third kappa shape index (κ3) is 4.13. The summed E-state index contributed by atoms with van der Waals surface area (Å²) in [4.78, 5) is 16.8. The van der Waals surface area contributed by atoms with Crippen molar-refractivity contribution in [1.29, 1.82) is 0 Å². The van der Waals surface area contributed by atoms with E-state index in [9.17, 15) is 14.8 Å². The van der Waals surface area contributed by atoms with E-state index in [-0.39, 0.29) is 6.42 Å². The molecule has 0 radical (unpaired) electrons. The highest BCUT2D eigenvalue weighted by atomic mass is 31.2.